The van der Waals surface area contributed by atoms with E-state index in [0.29, 0.717) is 11.5 Å². The average molecular weight is 385 g/mol. The van der Waals surface area contributed by atoms with Gasteiger partial charge in [0, 0.05) is 11.6 Å². The van der Waals surface area contributed by atoms with Crippen molar-refractivity contribution in [2.45, 2.75) is 0 Å². The highest BCUT2D eigenvalue weighted by Gasteiger charge is 2.05. The van der Waals surface area contributed by atoms with E-state index in [4.69, 9.17) is 21.7 Å². The van der Waals surface area contributed by atoms with Crippen molar-refractivity contribution < 1.29 is 19.1 Å². The van der Waals surface area contributed by atoms with Crippen molar-refractivity contribution in [3.05, 3.63) is 66.2 Å². The number of carbonyl (C=O) groups is 2. The molecule has 0 aliphatic heterocycles. The fourth-order valence-electron chi connectivity index (χ4n) is 1.98. The van der Waals surface area contributed by atoms with Crippen molar-refractivity contribution in [1.29, 1.82) is 0 Å². The van der Waals surface area contributed by atoms with Crippen molar-refractivity contribution in [1.82, 2.24) is 16.2 Å². The van der Waals surface area contributed by atoms with Crippen LogP contribution in [0.5, 0.6) is 11.5 Å². The average Bonchev–Trinajstić information content (AvgIpc) is 2.70. The minimum Gasteiger partial charge on any atom is -0.496 e. The molecular weight excluding hydrogens is 366 g/mol. The number of benzene rings is 2. The van der Waals surface area contributed by atoms with Gasteiger partial charge < -0.3 is 9.47 Å². The molecule has 0 heterocycles. The van der Waals surface area contributed by atoms with Gasteiger partial charge in [-0.25, -0.2) is 0 Å². The van der Waals surface area contributed by atoms with Gasteiger partial charge in [0.2, 0.25) is 5.91 Å². The Hall–Kier alpha value is -3.39. The number of para-hydroxylation sites is 2. The second kappa shape index (κ2) is 10.6. The number of amides is 2. The number of ether oxygens (including phenoxy) is 2. The second-order valence-corrected chi connectivity index (χ2v) is 5.58. The van der Waals surface area contributed by atoms with Gasteiger partial charge in [-0.05, 0) is 36.5 Å². The van der Waals surface area contributed by atoms with E-state index >= 15 is 0 Å². The maximum atomic E-state index is 11.9. The fraction of sp³-hybridized carbons (Fsp3) is 0.105. The zero-order valence-corrected chi connectivity index (χ0v) is 15.4. The molecule has 3 N–H and O–H groups in total. The third kappa shape index (κ3) is 7.17. The van der Waals surface area contributed by atoms with Gasteiger partial charge in [0.1, 0.15) is 11.5 Å². The number of thiocarbonyl (C=S) groups is 1. The van der Waals surface area contributed by atoms with Gasteiger partial charge in [-0.1, -0.05) is 36.4 Å². The van der Waals surface area contributed by atoms with E-state index in [0.717, 1.165) is 5.56 Å². The van der Waals surface area contributed by atoms with E-state index in [1.807, 2.05) is 24.3 Å². The van der Waals surface area contributed by atoms with Crippen LogP contribution in [0.3, 0.4) is 0 Å². The van der Waals surface area contributed by atoms with Crippen LogP contribution in [0.2, 0.25) is 0 Å². The van der Waals surface area contributed by atoms with E-state index in [1.165, 1.54) is 6.08 Å². The third-order valence-electron chi connectivity index (χ3n) is 3.22. The van der Waals surface area contributed by atoms with Crippen LogP contribution in [0.4, 0.5) is 0 Å². The summed E-state index contributed by atoms with van der Waals surface area (Å²) in [5, 5.41) is 2.37. The number of hydrogen-bond donors (Lipinski definition) is 3. The molecule has 0 saturated heterocycles. The Bertz CT molecular complexity index is 825. The van der Waals surface area contributed by atoms with E-state index in [9.17, 15) is 9.59 Å². The molecule has 8 heteroatoms. The Morgan fingerprint density at radius 3 is 2.48 bits per heavy atom. The molecule has 140 valence electrons. The van der Waals surface area contributed by atoms with Crippen molar-refractivity contribution in [2.24, 2.45) is 0 Å². The maximum absolute atomic E-state index is 11.9. The van der Waals surface area contributed by atoms with Crippen LogP contribution < -0.4 is 25.6 Å². The summed E-state index contributed by atoms with van der Waals surface area (Å²) >= 11 is 4.95. The van der Waals surface area contributed by atoms with Crippen molar-refractivity contribution >= 4 is 35.2 Å². The van der Waals surface area contributed by atoms with Crippen LogP contribution in [0, 0.1) is 0 Å². The Morgan fingerprint density at radius 1 is 1.04 bits per heavy atom. The molecule has 2 amide bonds. The molecule has 0 bridgehead atoms. The van der Waals surface area contributed by atoms with Crippen molar-refractivity contribution in [2.75, 3.05) is 13.7 Å². The first-order chi connectivity index (χ1) is 13.1. The minimum atomic E-state index is -0.451. The predicted octanol–water partition coefficient (Wildman–Crippen LogP) is 1.81. The van der Waals surface area contributed by atoms with E-state index in [-0.39, 0.29) is 11.7 Å². The van der Waals surface area contributed by atoms with Gasteiger partial charge >= 0.3 is 0 Å². The lowest BCUT2D eigenvalue weighted by molar-refractivity contribution is -0.123. The Balaban J connectivity index is 1.72. The third-order valence-corrected chi connectivity index (χ3v) is 3.42. The number of hydrazine groups is 1. The van der Waals surface area contributed by atoms with E-state index < -0.39 is 11.8 Å². The quantitative estimate of drug-likeness (QED) is 0.399. The van der Waals surface area contributed by atoms with Gasteiger partial charge in [0.25, 0.3) is 5.91 Å². The number of rotatable bonds is 6. The number of carbonyl (C=O) groups excluding carboxylic acids is 2. The molecule has 2 rings (SSSR count). The van der Waals surface area contributed by atoms with Crippen LogP contribution in [-0.4, -0.2) is 30.6 Å². The molecule has 0 unspecified atom stereocenters. The van der Waals surface area contributed by atoms with Crippen LogP contribution in [0.1, 0.15) is 5.56 Å². The van der Waals surface area contributed by atoms with Crippen LogP contribution >= 0.6 is 12.2 Å². The molecule has 0 fully saturated rings. The number of nitrogens with one attached hydrogen (secondary N) is 3. The number of hydrogen-bond acceptors (Lipinski definition) is 5. The molecular formula is C19H19N3O4S. The second-order valence-electron chi connectivity index (χ2n) is 5.17. The zero-order chi connectivity index (χ0) is 19.5. The molecule has 0 aromatic heterocycles. The molecule has 2 aromatic carbocycles. The molecule has 0 atom stereocenters. The fourth-order valence-corrected chi connectivity index (χ4v) is 2.13. The summed E-state index contributed by atoms with van der Waals surface area (Å²) in [6.45, 7) is -0.193. The van der Waals surface area contributed by atoms with Gasteiger partial charge in [-0.15, -0.1) is 0 Å². The lowest BCUT2D eigenvalue weighted by Gasteiger charge is -2.10. The molecule has 0 spiro atoms. The highest BCUT2D eigenvalue weighted by atomic mass is 32.1. The lowest BCUT2D eigenvalue weighted by Crippen LogP contribution is -2.49. The maximum Gasteiger partial charge on any atom is 0.276 e. The van der Waals surface area contributed by atoms with Gasteiger partial charge in [0.05, 0.1) is 7.11 Å². The number of methoxy groups -OCH3 is 1. The normalized spacial score (nSPS) is 10.1. The first kappa shape index (κ1) is 19.9. The molecule has 27 heavy (non-hydrogen) atoms. The highest BCUT2D eigenvalue weighted by molar-refractivity contribution is 7.80. The van der Waals surface area contributed by atoms with E-state index in [2.05, 4.69) is 16.2 Å². The molecule has 0 saturated carbocycles. The molecule has 0 radical (unpaired) electrons. The first-order valence-corrected chi connectivity index (χ1v) is 8.38. The van der Waals surface area contributed by atoms with Gasteiger partial charge in [0.15, 0.2) is 11.7 Å². The summed E-state index contributed by atoms with van der Waals surface area (Å²) in [7, 11) is 1.55. The smallest absolute Gasteiger partial charge is 0.276 e. The molecule has 7 nitrogen and oxygen atoms in total. The molecule has 0 aliphatic carbocycles. The van der Waals surface area contributed by atoms with Gasteiger partial charge in [-0.3, -0.25) is 25.8 Å². The SMILES string of the molecule is COc1ccccc1/C=C/C(=O)NC(=S)NNC(=O)COc1ccccc1. The zero-order valence-electron chi connectivity index (χ0n) is 14.6. The largest absolute Gasteiger partial charge is 0.496 e. The minimum absolute atomic E-state index is 0.0438. The monoisotopic (exact) mass is 385 g/mol. The van der Waals surface area contributed by atoms with E-state index in [1.54, 1.807) is 43.5 Å². The van der Waals surface area contributed by atoms with Crippen LogP contribution in [0.25, 0.3) is 6.08 Å². The topological polar surface area (TPSA) is 88.7 Å². The van der Waals surface area contributed by atoms with Gasteiger partial charge in [-0.2, -0.15) is 0 Å². The summed E-state index contributed by atoms with van der Waals surface area (Å²) in [5.41, 5.74) is 5.52. The summed E-state index contributed by atoms with van der Waals surface area (Å²) in [4.78, 5) is 23.6. The standard InChI is InChI=1S/C19H19N3O4S/c1-25-16-10-6-5-7-14(16)11-12-17(23)20-19(27)22-21-18(24)13-26-15-8-3-2-4-9-15/h2-12H,13H2,1H3,(H,21,24)(H2,20,22,23,27)/b12-11+. The molecule has 0 aliphatic rings. The Morgan fingerprint density at radius 2 is 1.74 bits per heavy atom. The predicted molar refractivity (Wildman–Crippen MR) is 106 cm³/mol. The summed E-state index contributed by atoms with van der Waals surface area (Å²) in [5.74, 6) is 0.325. The first-order valence-electron chi connectivity index (χ1n) is 7.97. The van der Waals surface area contributed by atoms with Crippen molar-refractivity contribution in [3.63, 3.8) is 0 Å². The molecule has 2 aromatic rings. The van der Waals surface area contributed by atoms with Crippen molar-refractivity contribution in [3.8, 4) is 11.5 Å². The summed E-state index contributed by atoms with van der Waals surface area (Å²) < 4.78 is 10.5. The van der Waals surface area contributed by atoms with Crippen LogP contribution in [0.15, 0.2) is 60.7 Å². The summed E-state index contributed by atoms with van der Waals surface area (Å²) in [6.07, 6.45) is 2.91. The summed E-state index contributed by atoms with van der Waals surface area (Å²) in [6, 6.07) is 16.2. The van der Waals surface area contributed by atoms with Crippen LogP contribution in [-0.2, 0) is 9.59 Å². The highest BCUT2D eigenvalue weighted by Crippen LogP contribution is 2.18. The lowest BCUT2D eigenvalue weighted by atomic mass is 10.2. The Kier molecular flexibility index (Phi) is 7.80. The Labute approximate surface area is 162 Å².